The topological polar surface area (TPSA) is 30.7 Å². The molecule has 0 spiro atoms. The van der Waals surface area contributed by atoms with Gasteiger partial charge in [0.05, 0.1) is 16.3 Å². The van der Waals surface area contributed by atoms with Crippen LogP contribution in [0, 0.1) is 0 Å². The zero-order chi connectivity index (χ0) is 14.5. The first-order valence-electron chi connectivity index (χ1n) is 5.86. The molecular weight excluding hydrogens is 314 g/mol. The molecule has 0 N–H and O–H groups in total. The molecule has 8 heteroatoms. The van der Waals surface area contributed by atoms with Gasteiger partial charge < -0.3 is 0 Å². The average molecular weight is 322 g/mol. The highest BCUT2D eigenvalue weighted by Crippen LogP contribution is 2.42. The van der Waals surface area contributed by atoms with E-state index in [1.807, 2.05) is 0 Å². The first kappa shape index (κ1) is 13.7. The molecule has 0 saturated heterocycles. The van der Waals surface area contributed by atoms with Gasteiger partial charge in [0, 0.05) is 5.92 Å². The van der Waals surface area contributed by atoms with E-state index in [1.165, 1.54) is 10.6 Å². The summed E-state index contributed by atoms with van der Waals surface area (Å²) in [5, 5.41) is 7.83. The van der Waals surface area contributed by atoms with Crippen molar-refractivity contribution >= 4 is 23.2 Å². The highest BCUT2D eigenvalue weighted by Gasteiger charge is 2.34. The van der Waals surface area contributed by atoms with E-state index in [-0.39, 0.29) is 21.9 Å². The maximum atomic E-state index is 12.8. The van der Waals surface area contributed by atoms with E-state index < -0.39 is 11.7 Å². The average Bonchev–Trinajstić information content (AvgIpc) is 3.13. The Kier molecular flexibility index (Phi) is 3.17. The highest BCUT2D eigenvalue weighted by molar-refractivity contribution is 6.33. The molecule has 3 rings (SSSR count). The van der Waals surface area contributed by atoms with Gasteiger partial charge in [-0.05, 0) is 42.6 Å². The van der Waals surface area contributed by atoms with E-state index >= 15 is 0 Å². The van der Waals surface area contributed by atoms with Crippen molar-refractivity contribution in [2.75, 3.05) is 0 Å². The van der Waals surface area contributed by atoms with Crippen molar-refractivity contribution in [2.45, 2.75) is 24.9 Å². The molecule has 2 aromatic rings. The Labute approximate surface area is 122 Å². The molecule has 20 heavy (non-hydrogen) atoms. The van der Waals surface area contributed by atoms with Crippen LogP contribution in [-0.4, -0.2) is 14.8 Å². The van der Waals surface area contributed by atoms with Gasteiger partial charge in [-0.2, -0.15) is 13.2 Å². The summed E-state index contributed by atoms with van der Waals surface area (Å²) in [5.74, 6) is 0.733. The van der Waals surface area contributed by atoms with Crippen LogP contribution in [0.1, 0.15) is 30.1 Å². The van der Waals surface area contributed by atoms with Crippen molar-refractivity contribution in [1.82, 2.24) is 14.8 Å². The van der Waals surface area contributed by atoms with Crippen molar-refractivity contribution in [3.05, 3.63) is 39.9 Å². The highest BCUT2D eigenvalue weighted by atomic mass is 35.5. The molecule has 106 valence electrons. The van der Waals surface area contributed by atoms with E-state index in [0.29, 0.717) is 5.82 Å². The van der Waals surface area contributed by atoms with E-state index in [2.05, 4.69) is 10.2 Å². The molecule has 1 heterocycles. The normalized spacial score (nSPS) is 15.7. The molecule has 1 fully saturated rings. The smallest absolute Gasteiger partial charge is 0.268 e. The van der Waals surface area contributed by atoms with Crippen molar-refractivity contribution in [1.29, 1.82) is 0 Å². The number of hydrogen-bond donors (Lipinski definition) is 0. The summed E-state index contributed by atoms with van der Waals surface area (Å²) in [4.78, 5) is 0. The fraction of sp³-hybridized carbons (Fsp3) is 0.333. The second kappa shape index (κ2) is 4.63. The minimum absolute atomic E-state index is 0.00752. The van der Waals surface area contributed by atoms with E-state index in [1.54, 1.807) is 0 Å². The van der Waals surface area contributed by atoms with Crippen LogP contribution in [0.4, 0.5) is 13.2 Å². The predicted molar refractivity (Wildman–Crippen MR) is 68.4 cm³/mol. The number of alkyl halides is 3. The van der Waals surface area contributed by atoms with E-state index in [0.717, 1.165) is 25.0 Å². The van der Waals surface area contributed by atoms with Gasteiger partial charge in [0.1, 0.15) is 5.82 Å². The maximum Gasteiger partial charge on any atom is 0.416 e. The minimum Gasteiger partial charge on any atom is -0.268 e. The van der Waals surface area contributed by atoms with Gasteiger partial charge in [-0.15, -0.1) is 10.2 Å². The molecule has 0 radical (unpaired) electrons. The van der Waals surface area contributed by atoms with Gasteiger partial charge in [-0.3, -0.25) is 4.57 Å². The summed E-state index contributed by atoms with van der Waals surface area (Å²) in [6.07, 6.45) is -2.60. The Morgan fingerprint density at radius 3 is 2.45 bits per heavy atom. The Hall–Kier alpha value is -1.27. The van der Waals surface area contributed by atoms with E-state index in [4.69, 9.17) is 23.2 Å². The fourth-order valence-corrected chi connectivity index (χ4v) is 2.38. The Morgan fingerprint density at radius 1 is 1.15 bits per heavy atom. The molecule has 0 atom stereocenters. The summed E-state index contributed by atoms with van der Waals surface area (Å²) in [7, 11) is 0. The monoisotopic (exact) mass is 321 g/mol. The Morgan fingerprint density at radius 2 is 1.85 bits per heavy atom. The van der Waals surface area contributed by atoms with Crippen LogP contribution in [0.3, 0.4) is 0 Å². The van der Waals surface area contributed by atoms with Crippen LogP contribution in [0.5, 0.6) is 0 Å². The van der Waals surface area contributed by atoms with Crippen molar-refractivity contribution < 1.29 is 13.2 Å². The Balaban J connectivity index is 2.16. The first-order valence-corrected chi connectivity index (χ1v) is 6.61. The SMILES string of the molecule is FC(F)(F)c1ccc(Cl)c(-n2c(Cl)nnc2C2CC2)c1. The van der Waals surface area contributed by atoms with Gasteiger partial charge in [0.15, 0.2) is 0 Å². The molecule has 1 saturated carbocycles. The molecule has 1 aromatic carbocycles. The first-order chi connectivity index (χ1) is 9.38. The summed E-state index contributed by atoms with van der Waals surface area (Å²) in [6, 6.07) is 3.09. The molecule has 0 unspecified atom stereocenters. The third-order valence-electron chi connectivity index (χ3n) is 3.11. The van der Waals surface area contributed by atoms with Crippen LogP contribution >= 0.6 is 23.2 Å². The second-order valence-corrected chi connectivity index (χ2v) is 5.35. The van der Waals surface area contributed by atoms with Crippen LogP contribution in [0.2, 0.25) is 10.3 Å². The molecule has 1 aromatic heterocycles. The second-order valence-electron chi connectivity index (χ2n) is 4.60. The quantitative estimate of drug-likeness (QED) is 0.817. The van der Waals surface area contributed by atoms with Gasteiger partial charge in [0.2, 0.25) is 5.28 Å². The standard InChI is InChI=1S/C12H8Cl2F3N3/c13-8-4-3-7(12(15,16)17)5-9(8)20-10(6-1-2-6)18-19-11(20)14/h3-6H,1-2H2. The molecule has 3 nitrogen and oxygen atoms in total. The van der Waals surface area contributed by atoms with E-state index in [9.17, 15) is 13.2 Å². The molecule has 0 aliphatic heterocycles. The summed E-state index contributed by atoms with van der Waals surface area (Å²) in [6.45, 7) is 0. The summed E-state index contributed by atoms with van der Waals surface area (Å²) in [5.41, 5.74) is -0.637. The van der Waals surface area contributed by atoms with Crippen LogP contribution in [-0.2, 0) is 6.18 Å². The van der Waals surface area contributed by atoms with Crippen molar-refractivity contribution in [3.63, 3.8) is 0 Å². The largest absolute Gasteiger partial charge is 0.416 e. The molecule has 0 bridgehead atoms. The number of hydrogen-bond acceptors (Lipinski definition) is 2. The zero-order valence-corrected chi connectivity index (χ0v) is 11.5. The third kappa shape index (κ3) is 2.38. The lowest BCUT2D eigenvalue weighted by molar-refractivity contribution is -0.137. The fourth-order valence-electron chi connectivity index (χ4n) is 1.97. The number of nitrogens with zero attached hydrogens (tertiary/aromatic N) is 3. The van der Waals surface area contributed by atoms with Crippen LogP contribution in [0.15, 0.2) is 18.2 Å². The zero-order valence-electron chi connectivity index (χ0n) is 9.96. The number of benzene rings is 1. The molecule has 1 aliphatic rings. The van der Waals surface area contributed by atoms with Crippen molar-refractivity contribution in [3.8, 4) is 5.69 Å². The predicted octanol–water partition coefficient (Wildman–Crippen LogP) is 4.47. The van der Waals surface area contributed by atoms with Gasteiger partial charge in [-0.1, -0.05) is 11.6 Å². The lowest BCUT2D eigenvalue weighted by Crippen LogP contribution is -2.08. The lowest BCUT2D eigenvalue weighted by Gasteiger charge is -2.13. The van der Waals surface area contributed by atoms with Gasteiger partial charge >= 0.3 is 6.18 Å². The Bertz CT molecular complexity index is 662. The van der Waals surface area contributed by atoms with Crippen LogP contribution < -0.4 is 0 Å². The number of rotatable bonds is 2. The van der Waals surface area contributed by atoms with Crippen LogP contribution in [0.25, 0.3) is 5.69 Å². The number of aromatic nitrogens is 3. The van der Waals surface area contributed by atoms with Crippen molar-refractivity contribution in [2.24, 2.45) is 0 Å². The minimum atomic E-state index is -4.44. The summed E-state index contributed by atoms with van der Waals surface area (Å²) >= 11 is 11.9. The molecule has 1 aliphatic carbocycles. The maximum absolute atomic E-state index is 12.8. The number of halogens is 5. The summed E-state index contributed by atoms with van der Waals surface area (Å²) < 4.78 is 39.8. The third-order valence-corrected chi connectivity index (χ3v) is 3.67. The molecule has 0 amide bonds. The van der Waals surface area contributed by atoms with Gasteiger partial charge in [-0.25, -0.2) is 0 Å². The lowest BCUT2D eigenvalue weighted by atomic mass is 10.2. The van der Waals surface area contributed by atoms with Gasteiger partial charge in [0.25, 0.3) is 0 Å². The molecular formula is C12H8Cl2F3N3.